The zero-order valence-corrected chi connectivity index (χ0v) is 13.6. The van der Waals surface area contributed by atoms with Gasteiger partial charge < -0.3 is 20.3 Å². The van der Waals surface area contributed by atoms with Gasteiger partial charge in [0.1, 0.15) is 17.4 Å². The molecule has 1 aromatic rings. The Kier molecular flexibility index (Phi) is 6.56. The van der Waals surface area contributed by atoms with Gasteiger partial charge >= 0.3 is 12.3 Å². The lowest BCUT2D eigenvalue weighted by molar-refractivity contribution is -0.141. The number of rotatable bonds is 5. The summed E-state index contributed by atoms with van der Waals surface area (Å²) < 4.78 is 42.8. The molecule has 0 aliphatic carbocycles. The third-order valence-corrected chi connectivity index (χ3v) is 2.84. The molecule has 1 rings (SSSR count). The number of ether oxygens (including phenoxy) is 1. The van der Waals surface area contributed by atoms with Crippen LogP contribution in [0.25, 0.3) is 0 Å². The van der Waals surface area contributed by atoms with E-state index in [1.54, 1.807) is 20.8 Å². The molecule has 6 nitrogen and oxygen atoms in total. The molecule has 0 radical (unpaired) electrons. The smallest absolute Gasteiger partial charge is 0.433 e. The van der Waals surface area contributed by atoms with E-state index in [0.717, 1.165) is 12.1 Å². The number of amides is 1. The van der Waals surface area contributed by atoms with Crippen molar-refractivity contribution in [1.29, 1.82) is 0 Å². The molecule has 2 unspecified atom stereocenters. The van der Waals surface area contributed by atoms with Gasteiger partial charge in [-0.05, 0) is 39.3 Å². The molecule has 24 heavy (non-hydrogen) atoms. The molecule has 1 aromatic heterocycles. The molecule has 0 saturated heterocycles. The summed E-state index contributed by atoms with van der Waals surface area (Å²) in [4.78, 5) is 14.7. The number of halogens is 3. The summed E-state index contributed by atoms with van der Waals surface area (Å²) in [6, 6.07) is 3.05. The Morgan fingerprint density at radius 1 is 1.29 bits per heavy atom. The second-order valence-corrected chi connectivity index (χ2v) is 6.17. The van der Waals surface area contributed by atoms with Gasteiger partial charge in [0, 0.05) is 6.54 Å². The molecule has 0 bridgehead atoms. The van der Waals surface area contributed by atoms with E-state index in [1.165, 1.54) is 6.07 Å². The Hall–Kier alpha value is -1.87. The molecule has 136 valence electrons. The van der Waals surface area contributed by atoms with Crippen molar-refractivity contribution in [2.45, 2.75) is 51.2 Å². The fourth-order valence-corrected chi connectivity index (χ4v) is 1.77. The van der Waals surface area contributed by atoms with Crippen LogP contribution in [-0.4, -0.2) is 39.5 Å². The van der Waals surface area contributed by atoms with Crippen LogP contribution in [0.2, 0.25) is 0 Å². The van der Waals surface area contributed by atoms with E-state index in [2.05, 4.69) is 10.3 Å². The Balaban J connectivity index is 2.56. The van der Waals surface area contributed by atoms with Gasteiger partial charge in [-0.1, -0.05) is 6.07 Å². The monoisotopic (exact) mass is 350 g/mol. The summed E-state index contributed by atoms with van der Waals surface area (Å²) in [6.45, 7) is 5.03. The molecule has 1 heterocycles. The summed E-state index contributed by atoms with van der Waals surface area (Å²) in [5.41, 5.74) is -2.13. The Morgan fingerprint density at radius 2 is 1.92 bits per heavy atom. The van der Waals surface area contributed by atoms with E-state index in [9.17, 15) is 28.2 Å². The molecule has 2 atom stereocenters. The molecule has 0 spiro atoms. The van der Waals surface area contributed by atoms with Crippen molar-refractivity contribution in [1.82, 2.24) is 10.3 Å². The number of carbonyl (C=O) groups is 1. The fraction of sp³-hybridized carbons (Fsp3) is 0.600. The second-order valence-electron chi connectivity index (χ2n) is 6.17. The summed E-state index contributed by atoms with van der Waals surface area (Å²) in [5.74, 6) is 0. The predicted molar refractivity (Wildman–Crippen MR) is 79.1 cm³/mol. The van der Waals surface area contributed by atoms with Crippen LogP contribution in [-0.2, 0) is 10.9 Å². The van der Waals surface area contributed by atoms with Gasteiger partial charge in [-0.2, -0.15) is 13.2 Å². The predicted octanol–water partition coefficient (Wildman–Crippen LogP) is 2.41. The normalized spacial score (nSPS) is 14.8. The number of aliphatic hydroxyl groups excluding tert-OH is 2. The van der Waals surface area contributed by atoms with Gasteiger partial charge in [-0.15, -0.1) is 0 Å². The van der Waals surface area contributed by atoms with Crippen molar-refractivity contribution in [3.8, 4) is 0 Å². The van der Waals surface area contributed by atoms with Crippen molar-refractivity contribution < 1.29 is 32.9 Å². The minimum absolute atomic E-state index is 0.0217. The molecule has 0 aromatic carbocycles. The number of alkyl carbamates (subject to hydrolysis) is 1. The molecule has 3 N–H and O–H groups in total. The fourth-order valence-electron chi connectivity index (χ4n) is 1.77. The maximum absolute atomic E-state index is 12.6. The zero-order chi connectivity index (χ0) is 18.5. The Morgan fingerprint density at radius 3 is 2.46 bits per heavy atom. The van der Waals surface area contributed by atoms with Crippen LogP contribution in [0, 0.1) is 0 Å². The number of pyridine rings is 1. The number of alkyl halides is 3. The highest BCUT2D eigenvalue weighted by Crippen LogP contribution is 2.28. The largest absolute Gasteiger partial charge is 0.444 e. The summed E-state index contributed by atoms with van der Waals surface area (Å²) in [6.07, 6.45) is -8.41. The van der Waals surface area contributed by atoms with Crippen LogP contribution >= 0.6 is 0 Å². The minimum atomic E-state index is -4.64. The van der Waals surface area contributed by atoms with E-state index in [0.29, 0.717) is 0 Å². The maximum atomic E-state index is 12.6. The Bertz CT molecular complexity index is 558. The topological polar surface area (TPSA) is 91.7 Å². The van der Waals surface area contributed by atoms with E-state index < -0.39 is 35.8 Å². The highest BCUT2D eigenvalue weighted by atomic mass is 19.4. The van der Waals surface area contributed by atoms with E-state index >= 15 is 0 Å². The van der Waals surface area contributed by atoms with Crippen molar-refractivity contribution in [3.05, 3.63) is 29.6 Å². The highest BCUT2D eigenvalue weighted by Gasteiger charge is 2.33. The molecule has 9 heteroatoms. The van der Waals surface area contributed by atoms with Gasteiger partial charge in [-0.25, -0.2) is 9.78 Å². The maximum Gasteiger partial charge on any atom is 0.433 e. The minimum Gasteiger partial charge on any atom is -0.444 e. The molecule has 0 fully saturated rings. The number of hydrogen-bond donors (Lipinski definition) is 3. The first-order valence-electron chi connectivity index (χ1n) is 7.27. The number of nitrogens with one attached hydrogen (secondary N) is 1. The molecule has 0 aliphatic heterocycles. The van der Waals surface area contributed by atoms with Crippen LogP contribution in [0.15, 0.2) is 18.2 Å². The van der Waals surface area contributed by atoms with Crippen LogP contribution in [0.4, 0.5) is 18.0 Å². The van der Waals surface area contributed by atoms with E-state index in [1.807, 2.05) is 0 Å². The summed E-state index contributed by atoms with van der Waals surface area (Å²) >= 11 is 0. The van der Waals surface area contributed by atoms with Crippen molar-refractivity contribution in [2.24, 2.45) is 0 Å². The lowest BCUT2D eigenvalue weighted by Crippen LogP contribution is -2.34. The Labute approximate surface area is 137 Å². The summed E-state index contributed by atoms with van der Waals surface area (Å²) in [7, 11) is 0. The van der Waals surface area contributed by atoms with Crippen molar-refractivity contribution >= 4 is 6.09 Å². The quantitative estimate of drug-likeness (QED) is 0.758. The van der Waals surface area contributed by atoms with Gasteiger partial charge in [0.25, 0.3) is 0 Å². The van der Waals surface area contributed by atoms with E-state index in [4.69, 9.17) is 4.74 Å². The van der Waals surface area contributed by atoms with Crippen molar-refractivity contribution in [2.75, 3.05) is 6.54 Å². The molecule has 0 saturated carbocycles. The van der Waals surface area contributed by atoms with Crippen LogP contribution in [0.1, 0.15) is 44.7 Å². The third kappa shape index (κ3) is 6.71. The van der Waals surface area contributed by atoms with Gasteiger partial charge in [0.05, 0.1) is 11.8 Å². The van der Waals surface area contributed by atoms with Crippen molar-refractivity contribution in [3.63, 3.8) is 0 Å². The molecular formula is C15H21F3N2O4. The zero-order valence-electron chi connectivity index (χ0n) is 13.6. The summed E-state index contributed by atoms with van der Waals surface area (Å²) in [5, 5.41) is 22.1. The number of hydrogen-bond acceptors (Lipinski definition) is 5. The van der Waals surface area contributed by atoms with E-state index in [-0.39, 0.29) is 18.7 Å². The van der Waals surface area contributed by atoms with Crippen LogP contribution in [0.5, 0.6) is 0 Å². The van der Waals surface area contributed by atoms with Gasteiger partial charge in [0.15, 0.2) is 0 Å². The first-order valence-corrected chi connectivity index (χ1v) is 7.27. The number of nitrogens with zero attached hydrogens (tertiary/aromatic N) is 1. The highest BCUT2D eigenvalue weighted by molar-refractivity contribution is 5.67. The van der Waals surface area contributed by atoms with Crippen LogP contribution in [0.3, 0.4) is 0 Å². The van der Waals surface area contributed by atoms with Gasteiger partial charge in [0.2, 0.25) is 0 Å². The number of aliphatic hydroxyl groups is 2. The standard InChI is InChI=1S/C15H21F3N2O4/c1-14(2,3)24-13(23)19-8-7-10(21)12(22)9-5-4-6-11(20-9)15(16,17)18/h4-6,10,12,21-22H,7-8H2,1-3H3,(H,19,23). The molecule has 1 amide bonds. The first kappa shape index (κ1) is 20.2. The number of carbonyl (C=O) groups excluding carboxylic acids is 1. The molecule has 0 aliphatic rings. The lowest BCUT2D eigenvalue weighted by Gasteiger charge is -2.21. The van der Waals surface area contributed by atoms with Gasteiger partial charge in [-0.3, -0.25) is 0 Å². The first-order chi connectivity index (χ1) is 10.9. The molecular weight excluding hydrogens is 329 g/mol. The average Bonchev–Trinajstić information content (AvgIpc) is 2.43. The average molecular weight is 350 g/mol. The second kappa shape index (κ2) is 7.80. The van der Waals surface area contributed by atoms with Crippen LogP contribution < -0.4 is 5.32 Å². The SMILES string of the molecule is CC(C)(C)OC(=O)NCCC(O)C(O)c1cccc(C(F)(F)F)n1. The number of aromatic nitrogens is 1. The lowest BCUT2D eigenvalue weighted by atomic mass is 10.1. The third-order valence-electron chi connectivity index (χ3n) is 2.84.